The molecule has 27 heavy (non-hydrogen) atoms. The summed E-state index contributed by atoms with van der Waals surface area (Å²) in [6, 6.07) is 6.13. The molecule has 1 aliphatic heterocycles. The normalized spacial score (nSPS) is 17.2. The summed E-state index contributed by atoms with van der Waals surface area (Å²) in [5.74, 6) is -0.954. The van der Waals surface area contributed by atoms with Crippen LogP contribution in [0.3, 0.4) is 0 Å². The van der Waals surface area contributed by atoms with Gasteiger partial charge in [-0.05, 0) is 38.8 Å². The van der Waals surface area contributed by atoms with Crippen molar-refractivity contribution in [1.82, 2.24) is 5.32 Å². The first kappa shape index (κ1) is 20.9. The van der Waals surface area contributed by atoms with Crippen LogP contribution < -0.4 is 10.2 Å². The minimum Gasteiger partial charge on any atom is -0.458 e. The van der Waals surface area contributed by atoms with E-state index >= 15 is 0 Å². The maximum absolute atomic E-state index is 13.0. The van der Waals surface area contributed by atoms with Gasteiger partial charge in [0.25, 0.3) is 0 Å². The first-order valence-corrected chi connectivity index (χ1v) is 9.55. The van der Waals surface area contributed by atoms with Gasteiger partial charge in [0.05, 0.1) is 0 Å². The SMILES string of the molecule is CCCC[C@@H](NC(=O)[C@@H]1Cc2ccccc2N1C(C)=O)C(=O)OC(C)(C)C. The lowest BCUT2D eigenvalue weighted by Gasteiger charge is -2.27. The van der Waals surface area contributed by atoms with E-state index in [1.54, 1.807) is 20.8 Å². The standard InChI is InChI=1S/C21H30N2O4/c1-6-7-11-16(20(26)27-21(3,4)5)22-19(25)18-13-15-10-8-9-12-17(15)23(18)14(2)24/h8-10,12,16,18H,6-7,11,13H2,1-5H3,(H,22,25)/t16-,18+/m1/s1. The lowest BCUT2D eigenvalue weighted by atomic mass is 10.1. The van der Waals surface area contributed by atoms with Gasteiger partial charge in [-0.2, -0.15) is 0 Å². The van der Waals surface area contributed by atoms with Gasteiger partial charge >= 0.3 is 5.97 Å². The van der Waals surface area contributed by atoms with E-state index in [9.17, 15) is 14.4 Å². The lowest BCUT2D eigenvalue weighted by Crippen LogP contribution is -2.52. The third kappa shape index (κ3) is 5.31. The van der Waals surface area contributed by atoms with Gasteiger partial charge in [-0.15, -0.1) is 0 Å². The number of para-hydroxylation sites is 1. The number of amides is 2. The molecule has 0 saturated heterocycles. The smallest absolute Gasteiger partial charge is 0.329 e. The van der Waals surface area contributed by atoms with Crippen LogP contribution in [0.15, 0.2) is 24.3 Å². The van der Waals surface area contributed by atoms with Crippen LogP contribution in [0.25, 0.3) is 0 Å². The number of fused-ring (bicyclic) bond motifs is 1. The fraction of sp³-hybridized carbons (Fsp3) is 0.571. The monoisotopic (exact) mass is 374 g/mol. The second kappa shape index (κ2) is 8.55. The number of esters is 1. The minimum atomic E-state index is -0.714. The number of nitrogens with one attached hydrogen (secondary N) is 1. The first-order valence-electron chi connectivity index (χ1n) is 9.55. The Morgan fingerprint density at radius 2 is 1.93 bits per heavy atom. The van der Waals surface area contributed by atoms with E-state index in [2.05, 4.69) is 5.32 Å². The third-order valence-electron chi connectivity index (χ3n) is 4.47. The number of unbranched alkanes of at least 4 members (excludes halogenated alkanes) is 1. The Hall–Kier alpha value is -2.37. The van der Waals surface area contributed by atoms with Gasteiger partial charge in [-0.1, -0.05) is 38.0 Å². The van der Waals surface area contributed by atoms with E-state index in [0.29, 0.717) is 12.8 Å². The van der Waals surface area contributed by atoms with E-state index in [0.717, 1.165) is 24.1 Å². The van der Waals surface area contributed by atoms with E-state index in [1.165, 1.54) is 11.8 Å². The van der Waals surface area contributed by atoms with Crippen molar-refractivity contribution in [3.05, 3.63) is 29.8 Å². The van der Waals surface area contributed by atoms with Crippen LogP contribution in [0.4, 0.5) is 5.69 Å². The van der Waals surface area contributed by atoms with Crippen molar-refractivity contribution in [2.45, 2.75) is 78.0 Å². The van der Waals surface area contributed by atoms with Gasteiger partial charge in [-0.25, -0.2) is 4.79 Å². The third-order valence-corrected chi connectivity index (χ3v) is 4.47. The van der Waals surface area contributed by atoms with Crippen LogP contribution in [0.2, 0.25) is 0 Å². The summed E-state index contributed by atoms with van der Waals surface area (Å²) in [4.78, 5) is 39.2. The summed E-state index contributed by atoms with van der Waals surface area (Å²) in [5, 5.41) is 2.83. The Morgan fingerprint density at radius 1 is 1.26 bits per heavy atom. The fourth-order valence-electron chi connectivity index (χ4n) is 3.28. The molecule has 0 unspecified atom stereocenters. The fourth-order valence-corrected chi connectivity index (χ4v) is 3.28. The van der Waals surface area contributed by atoms with Crippen molar-refractivity contribution < 1.29 is 19.1 Å². The number of anilines is 1. The van der Waals surface area contributed by atoms with Crippen LogP contribution in [0.1, 0.15) is 59.4 Å². The zero-order valence-electron chi connectivity index (χ0n) is 16.9. The predicted octanol–water partition coefficient (Wildman–Crippen LogP) is 2.98. The number of rotatable bonds is 6. The molecule has 1 aromatic rings. The molecule has 0 radical (unpaired) electrons. The lowest BCUT2D eigenvalue weighted by molar-refractivity contribution is -0.159. The Morgan fingerprint density at radius 3 is 2.52 bits per heavy atom. The Balaban J connectivity index is 2.16. The molecule has 0 saturated carbocycles. The molecular formula is C21H30N2O4. The predicted molar refractivity (Wildman–Crippen MR) is 104 cm³/mol. The topological polar surface area (TPSA) is 75.7 Å². The molecule has 2 amide bonds. The highest BCUT2D eigenvalue weighted by molar-refractivity contribution is 6.03. The molecule has 0 spiro atoms. The second-order valence-corrected chi connectivity index (χ2v) is 7.97. The summed E-state index contributed by atoms with van der Waals surface area (Å²) >= 11 is 0. The summed E-state index contributed by atoms with van der Waals surface area (Å²) < 4.78 is 5.46. The van der Waals surface area contributed by atoms with Crippen molar-refractivity contribution in [3.8, 4) is 0 Å². The zero-order valence-corrected chi connectivity index (χ0v) is 16.9. The molecule has 0 aromatic heterocycles. The maximum Gasteiger partial charge on any atom is 0.329 e. The number of hydrogen-bond donors (Lipinski definition) is 1. The van der Waals surface area contributed by atoms with E-state index in [-0.39, 0.29) is 11.8 Å². The average Bonchev–Trinajstić information content (AvgIpc) is 2.96. The quantitative estimate of drug-likeness (QED) is 0.777. The molecule has 1 aromatic carbocycles. The van der Waals surface area contributed by atoms with E-state index in [4.69, 9.17) is 4.74 Å². The van der Waals surface area contributed by atoms with Crippen molar-refractivity contribution in [3.63, 3.8) is 0 Å². The summed E-state index contributed by atoms with van der Waals surface area (Å²) in [6.07, 6.45) is 2.66. The van der Waals surface area contributed by atoms with Gasteiger partial charge < -0.3 is 10.1 Å². The molecule has 148 valence electrons. The highest BCUT2D eigenvalue weighted by Crippen LogP contribution is 2.32. The van der Waals surface area contributed by atoms with Crippen molar-refractivity contribution in [2.24, 2.45) is 0 Å². The Kier molecular flexibility index (Phi) is 6.63. The summed E-state index contributed by atoms with van der Waals surface area (Å²) in [5.41, 5.74) is 1.09. The molecule has 6 nitrogen and oxygen atoms in total. The molecule has 2 rings (SSSR count). The van der Waals surface area contributed by atoms with Gasteiger partial charge in [0.15, 0.2) is 0 Å². The van der Waals surface area contributed by atoms with Crippen molar-refractivity contribution in [1.29, 1.82) is 0 Å². The van der Waals surface area contributed by atoms with Gasteiger partial charge in [0.2, 0.25) is 11.8 Å². The van der Waals surface area contributed by atoms with Crippen LogP contribution in [-0.4, -0.2) is 35.5 Å². The molecule has 0 bridgehead atoms. The number of nitrogens with zero attached hydrogens (tertiary/aromatic N) is 1. The molecule has 6 heteroatoms. The number of carbonyl (C=O) groups excluding carboxylic acids is 3. The van der Waals surface area contributed by atoms with E-state index < -0.39 is 23.7 Å². The molecule has 1 aliphatic rings. The molecular weight excluding hydrogens is 344 g/mol. The maximum atomic E-state index is 13.0. The summed E-state index contributed by atoms with van der Waals surface area (Å²) in [6.45, 7) is 8.88. The molecule has 2 atom stereocenters. The minimum absolute atomic E-state index is 0.192. The molecule has 0 fully saturated rings. The highest BCUT2D eigenvalue weighted by Gasteiger charge is 2.38. The molecule has 1 heterocycles. The summed E-state index contributed by atoms with van der Waals surface area (Å²) in [7, 11) is 0. The van der Waals surface area contributed by atoms with Crippen LogP contribution in [0.5, 0.6) is 0 Å². The highest BCUT2D eigenvalue weighted by atomic mass is 16.6. The number of hydrogen-bond acceptors (Lipinski definition) is 4. The zero-order chi connectivity index (χ0) is 20.2. The Labute approximate surface area is 161 Å². The van der Waals surface area contributed by atoms with E-state index in [1.807, 2.05) is 31.2 Å². The van der Waals surface area contributed by atoms with Crippen LogP contribution in [0, 0.1) is 0 Å². The Bertz CT molecular complexity index is 708. The molecule has 0 aliphatic carbocycles. The van der Waals surface area contributed by atoms with Crippen molar-refractivity contribution in [2.75, 3.05) is 4.90 Å². The van der Waals surface area contributed by atoms with Gasteiger partial charge in [0.1, 0.15) is 17.7 Å². The van der Waals surface area contributed by atoms with Crippen LogP contribution in [-0.2, 0) is 25.5 Å². The number of ether oxygens (including phenoxy) is 1. The largest absolute Gasteiger partial charge is 0.458 e. The van der Waals surface area contributed by atoms with Crippen molar-refractivity contribution >= 4 is 23.5 Å². The second-order valence-electron chi connectivity index (χ2n) is 7.97. The molecule has 1 N–H and O–H groups in total. The van der Waals surface area contributed by atoms with Gasteiger partial charge in [0, 0.05) is 19.0 Å². The van der Waals surface area contributed by atoms with Gasteiger partial charge in [-0.3, -0.25) is 14.5 Å². The van der Waals surface area contributed by atoms with Crippen LogP contribution >= 0.6 is 0 Å². The first-order chi connectivity index (χ1) is 12.6. The number of benzene rings is 1. The average molecular weight is 374 g/mol. The number of carbonyl (C=O) groups is 3.